The number of fused-ring (bicyclic) bond motifs is 3. The van der Waals surface area contributed by atoms with Gasteiger partial charge in [-0.3, -0.25) is 10.2 Å². The molecule has 3 aromatic carbocycles. The molecule has 4 aromatic rings. The molecule has 2 N–H and O–H groups in total. The minimum atomic E-state index is -3.13. The van der Waals surface area contributed by atoms with E-state index in [1.54, 1.807) is 12.1 Å². The van der Waals surface area contributed by atoms with E-state index >= 15 is 0 Å². The van der Waals surface area contributed by atoms with E-state index in [-0.39, 0.29) is 64.6 Å². The number of benzene rings is 3. The Morgan fingerprint density at radius 1 is 0.964 bits per heavy atom. The number of pyridine rings is 1. The van der Waals surface area contributed by atoms with E-state index in [0.717, 1.165) is 51.2 Å². The van der Waals surface area contributed by atoms with Gasteiger partial charge in [-0.1, -0.05) is 53.5 Å². The number of rotatable bonds is 16. The first-order chi connectivity index (χ1) is 26.9. The summed E-state index contributed by atoms with van der Waals surface area (Å²) in [6.07, 6.45) is 5.64. The zero-order valence-corrected chi connectivity index (χ0v) is 31.7. The molecule has 8 rings (SSSR count). The second-order valence-electron chi connectivity index (χ2n) is 14.6. The van der Waals surface area contributed by atoms with Crippen LogP contribution in [0.4, 0.5) is 13.2 Å². The number of carboxylic acid groups (broad SMARTS) is 1. The Hall–Kier alpha value is -4.56. The lowest BCUT2D eigenvalue weighted by Crippen LogP contribution is -2.52. The monoisotopic (exact) mass is 813 g/mol. The third-order valence-corrected chi connectivity index (χ3v) is 11.4. The van der Waals surface area contributed by atoms with Crippen molar-refractivity contribution in [3.8, 4) is 11.5 Å². The number of nitrogens with zero attached hydrogens (tertiary/aromatic N) is 2. The van der Waals surface area contributed by atoms with Crippen LogP contribution in [-0.4, -0.2) is 60.9 Å². The summed E-state index contributed by atoms with van der Waals surface area (Å²) in [5.41, 5.74) is 1.92. The summed E-state index contributed by atoms with van der Waals surface area (Å²) in [6, 6.07) is 13.6. The second-order valence-corrected chi connectivity index (χ2v) is 15.4. The maximum Gasteiger partial charge on any atom is 0.387 e. The highest BCUT2D eigenvalue weighted by Crippen LogP contribution is 2.42. The molecule has 1 aliphatic carbocycles. The summed E-state index contributed by atoms with van der Waals surface area (Å²) in [5.74, 6) is -2.80. The number of ether oxygens (including phenoxy) is 3. The Balaban J connectivity index is 1.29. The van der Waals surface area contributed by atoms with Crippen molar-refractivity contribution in [3.05, 3.63) is 128 Å². The average molecular weight is 815 g/mol. The Morgan fingerprint density at radius 2 is 1.66 bits per heavy atom. The number of hydrogen-bond donors (Lipinski definition) is 2. The molecule has 1 aromatic heterocycles. The number of carbonyl (C=O) groups excluding carboxylic acids is 1. The molecule has 4 aliphatic rings. The quantitative estimate of drug-likeness (QED) is 0.0666. The number of nitrogens with one attached hydrogen (secondary N) is 1. The topological polar surface area (TPSA) is 124 Å². The van der Waals surface area contributed by atoms with Crippen LogP contribution in [0.1, 0.15) is 75.8 Å². The van der Waals surface area contributed by atoms with Crippen molar-refractivity contribution in [2.24, 2.45) is 11.8 Å². The van der Waals surface area contributed by atoms with Crippen LogP contribution in [0.5, 0.6) is 11.5 Å². The molecular formula is C41H40Cl2F3N3O7. The smallest absolute Gasteiger partial charge is 0.387 e. The van der Waals surface area contributed by atoms with Crippen molar-refractivity contribution in [1.29, 1.82) is 0 Å². The lowest BCUT2D eigenvalue weighted by Gasteiger charge is -2.44. The number of esters is 1. The van der Waals surface area contributed by atoms with Gasteiger partial charge in [0, 0.05) is 24.6 Å². The molecule has 1 saturated carbocycles. The minimum absolute atomic E-state index is 0.0275. The van der Waals surface area contributed by atoms with E-state index in [2.05, 4.69) is 10.2 Å². The number of hydrogen-bond acceptors (Lipinski definition) is 8. The molecule has 15 heteroatoms. The summed E-state index contributed by atoms with van der Waals surface area (Å²) in [5, 5.41) is 26.1. The molecule has 0 radical (unpaired) electrons. The van der Waals surface area contributed by atoms with Gasteiger partial charge >= 0.3 is 18.6 Å². The van der Waals surface area contributed by atoms with Gasteiger partial charge in [-0.2, -0.15) is 13.5 Å². The highest BCUT2D eigenvalue weighted by Gasteiger charge is 2.38. The highest BCUT2D eigenvalue weighted by molar-refractivity contribution is 6.35. The zero-order valence-electron chi connectivity index (χ0n) is 30.1. The van der Waals surface area contributed by atoms with Crippen molar-refractivity contribution in [3.63, 3.8) is 0 Å². The first-order valence-corrected chi connectivity index (χ1v) is 19.2. The maximum atomic E-state index is 14.1. The summed E-state index contributed by atoms with van der Waals surface area (Å²) in [6.45, 7) is -0.377. The third kappa shape index (κ3) is 9.34. The van der Waals surface area contributed by atoms with Crippen LogP contribution in [-0.2, 0) is 22.5 Å². The van der Waals surface area contributed by atoms with E-state index in [1.807, 2.05) is 0 Å². The van der Waals surface area contributed by atoms with Crippen LogP contribution in [0.3, 0.4) is 0 Å². The van der Waals surface area contributed by atoms with Crippen LogP contribution >= 0.6 is 23.2 Å². The molecule has 3 saturated heterocycles. The average Bonchev–Trinajstić information content (AvgIpc) is 4.00. The van der Waals surface area contributed by atoms with Crippen molar-refractivity contribution >= 4 is 35.1 Å². The predicted octanol–water partition coefficient (Wildman–Crippen LogP) is 7.70. The summed E-state index contributed by atoms with van der Waals surface area (Å²) in [7, 11) is 0. The van der Waals surface area contributed by atoms with Gasteiger partial charge in [-0.25, -0.2) is 14.0 Å². The lowest BCUT2D eigenvalue weighted by molar-refractivity contribution is -0.605. The normalized spacial score (nSPS) is 20.1. The molecule has 4 fully saturated rings. The fourth-order valence-electron chi connectivity index (χ4n) is 7.69. The molecule has 56 heavy (non-hydrogen) atoms. The fourth-order valence-corrected chi connectivity index (χ4v) is 8.29. The molecule has 2 bridgehead atoms. The maximum absolute atomic E-state index is 14.1. The van der Waals surface area contributed by atoms with E-state index in [9.17, 15) is 33.1 Å². The van der Waals surface area contributed by atoms with Gasteiger partial charge in [0.15, 0.2) is 23.9 Å². The molecule has 0 spiro atoms. The molecule has 4 heterocycles. The van der Waals surface area contributed by atoms with Gasteiger partial charge < -0.3 is 24.5 Å². The standard InChI is InChI=1S/C41H40Cl2F3N3O7/c42-32-19-49(53)20-33(43)31(32)17-30(26-8-11-34(56-41(45)46)35(16-26)54-22-23-4-5-23)37-27(2-1-3-29(37)39(50)51)18-47-38(25-6-9-28(44)10-7-25)40(52)55-36-21-48-14-12-24(36)13-15-48/h1-3,6-11,16,19-20,23-24,30,36,38,41,47H,4-5,12-15,17-18,21-22H2,(H,50,51)/t30-,36-,38?/m0/s1. The Bertz CT molecular complexity index is 2040. The summed E-state index contributed by atoms with van der Waals surface area (Å²) in [4.78, 5) is 29.2. The fraction of sp³-hybridized carbons (Fsp3) is 0.390. The molecule has 1 unspecified atom stereocenters. The summed E-state index contributed by atoms with van der Waals surface area (Å²) < 4.78 is 58.4. The van der Waals surface area contributed by atoms with Crippen molar-refractivity contribution in [2.75, 3.05) is 26.2 Å². The van der Waals surface area contributed by atoms with E-state index in [0.29, 0.717) is 39.1 Å². The number of halogens is 5. The van der Waals surface area contributed by atoms with Crippen LogP contribution < -0.4 is 19.5 Å². The van der Waals surface area contributed by atoms with Gasteiger partial charge in [0.2, 0.25) is 0 Å². The predicted molar refractivity (Wildman–Crippen MR) is 201 cm³/mol. The number of alkyl halides is 2. The number of carboxylic acids is 1. The first kappa shape index (κ1) is 39.7. The van der Waals surface area contributed by atoms with Gasteiger partial charge in [-0.15, -0.1) is 0 Å². The Morgan fingerprint density at radius 3 is 2.29 bits per heavy atom. The molecule has 10 nitrogen and oxygen atoms in total. The van der Waals surface area contributed by atoms with Crippen molar-refractivity contribution < 1.29 is 46.8 Å². The molecule has 3 aliphatic heterocycles. The van der Waals surface area contributed by atoms with Gasteiger partial charge in [0.05, 0.1) is 12.2 Å². The number of carbonyl (C=O) groups is 2. The molecule has 3 atom stereocenters. The first-order valence-electron chi connectivity index (χ1n) is 18.5. The summed E-state index contributed by atoms with van der Waals surface area (Å²) >= 11 is 13.2. The number of aromatic carboxylic acids is 1. The zero-order chi connectivity index (χ0) is 39.5. The van der Waals surface area contributed by atoms with E-state index in [1.165, 1.54) is 48.5 Å². The second kappa shape index (κ2) is 17.3. The van der Waals surface area contributed by atoms with Gasteiger partial charge in [0.25, 0.3) is 0 Å². The molecular weight excluding hydrogens is 774 g/mol. The third-order valence-electron chi connectivity index (χ3n) is 10.8. The van der Waals surface area contributed by atoms with Crippen LogP contribution in [0.15, 0.2) is 73.1 Å². The largest absolute Gasteiger partial charge is 0.619 e. The number of piperidine rings is 3. The molecule has 296 valence electrons. The molecule has 0 amide bonds. The Kier molecular flexibility index (Phi) is 12.2. The highest BCUT2D eigenvalue weighted by atomic mass is 35.5. The van der Waals surface area contributed by atoms with E-state index < -0.39 is 36.3 Å². The lowest BCUT2D eigenvalue weighted by atomic mass is 9.80. The SMILES string of the molecule is O=C(O)c1cccc(CNC(C(=O)O[C@H]2CN3CCC2CC3)c2ccc(F)cc2)c1[C@@H](Cc1c(Cl)c[n+]([O-])cc1Cl)c1ccc(OC(F)F)c(OCC2CC2)c1. The Labute approximate surface area is 331 Å². The van der Waals surface area contributed by atoms with Crippen LogP contribution in [0.2, 0.25) is 10.0 Å². The number of aromatic nitrogens is 1. The minimum Gasteiger partial charge on any atom is -0.619 e. The van der Waals surface area contributed by atoms with Gasteiger partial charge in [0.1, 0.15) is 28.0 Å². The van der Waals surface area contributed by atoms with Crippen molar-refractivity contribution in [1.82, 2.24) is 10.2 Å². The van der Waals surface area contributed by atoms with Gasteiger partial charge in [-0.05, 0) is 110 Å². The van der Waals surface area contributed by atoms with E-state index in [4.69, 9.17) is 37.4 Å². The van der Waals surface area contributed by atoms with Crippen LogP contribution in [0, 0.1) is 22.9 Å². The van der Waals surface area contributed by atoms with Crippen LogP contribution in [0.25, 0.3) is 0 Å². The van der Waals surface area contributed by atoms with Crippen molar-refractivity contribution in [2.45, 2.75) is 63.3 Å².